The average molecular weight is 226 g/mol. The van der Waals surface area contributed by atoms with Crippen molar-refractivity contribution in [2.45, 2.75) is 17.7 Å². The zero-order valence-electron chi connectivity index (χ0n) is 8.60. The van der Waals surface area contributed by atoms with Gasteiger partial charge in [0, 0.05) is 11.3 Å². The molecule has 1 rings (SSSR count). The summed E-state index contributed by atoms with van der Waals surface area (Å²) in [6.07, 6.45) is 2.71. The highest BCUT2D eigenvalue weighted by Gasteiger charge is 1.98. The van der Waals surface area contributed by atoms with E-state index in [9.17, 15) is 4.79 Å². The van der Waals surface area contributed by atoms with E-state index in [0.717, 1.165) is 5.75 Å². The van der Waals surface area contributed by atoms with Crippen molar-refractivity contribution in [3.05, 3.63) is 24.3 Å². The predicted octanol–water partition coefficient (Wildman–Crippen LogP) is 2.65. The van der Waals surface area contributed by atoms with Crippen LogP contribution < -0.4 is 4.74 Å². The van der Waals surface area contributed by atoms with Crippen molar-refractivity contribution in [1.82, 2.24) is 0 Å². The van der Waals surface area contributed by atoms with Crippen LogP contribution in [0.3, 0.4) is 0 Å². The Kier molecular flexibility index (Phi) is 5.04. The number of carbonyl (C=O) groups is 1. The third kappa shape index (κ3) is 4.74. The molecule has 0 bridgehead atoms. The summed E-state index contributed by atoms with van der Waals surface area (Å²) in [5.74, 6) is 0.00881. The van der Waals surface area contributed by atoms with Crippen LogP contribution in [0.2, 0.25) is 0 Å². The Hall–Kier alpha value is -1.16. The van der Waals surface area contributed by atoms with Crippen LogP contribution in [-0.4, -0.2) is 23.9 Å². The van der Waals surface area contributed by atoms with Gasteiger partial charge in [-0.3, -0.25) is 4.79 Å². The van der Waals surface area contributed by atoms with Crippen LogP contribution in [0.15, 0.2) is 29.2 Å². The lowest BCUT2D eigenvalue weighted by atomic mass is 10.3. The molecule has 15 heavy (non-hydrogen) atoms. The van der Waals surface area contributed by atoms with Crippen LogP contribution >= 0.6 is 11.8 Å². The monoisotopic (exact) mass is 226 g/mol. The summed E-state index contributed by atoms with van der Waals surface area (Å²) in [5, 5.41) is 8.42. The number of hydrogen-bond donors (Lipinski definition) is 1. The van der Waals surface area contributed by atoms with Crippen LogP contribution in [0, 0.1) is 0 Å². The number of ether oxygens (including phenoxy) is 1. The molecule has 4 heteroatoms. The summed E-state index contributed by atoms with van der Waals surface area (Å²) >= 11 is 1.68. The van der Waals surface area contributed by atoms with Gasteiger partial charge in [0.1, 0.15) is 5.75 Å². The third-order valence-corrected chi connectivity index (χ3v) is 2.61. The SMILES string of the molecule is CSc1ccc(OCCCC(=O)O)cc1. The van der Waals surface area contributed by atoms with Crippen molar-refractivity contribution < 1.29 is 14.6 Å². The second kappa shape index (κ2) is 6.35. The molecule has 0 aliphatic heterocycles. The summed E-state index contributed by atoms with van der Waals surface area (Å²) in [5.41, 5.74) is 0. The molecule has 0 atom stereocenters. The van der Waals surface area contributed by atoms with Crippen molar-refractivity contribution in [3.8, 4) is 5.75 Å². The van der Waals surface area contributed by atoms with Gasteiger partial charge in [-0.05, 0) is 36.9 Å². The highest BCUT2D eigenvalue weighted by atomic mass is 32.2. The molecule has 0 amide bonds. The fourth-order valence-corrected chi connectivity index (χ4v) is 1.49. The van der Waals surface area contributed by atoms with Crippen LogP contribution in [0.4, 0.5) is 0 Å². The zero-order chi connectivity index (χ0) is 11.1. The largest absolute Gasteiger partial charge is 0.494 e. The summed E-state index contributed by atoms with van der Waals surface area (Å²) < 4.78 is 5.38. The first kappa shape index (κ1) is 11.9. The van der Waals surface area contributed by atoms with Gasteiger partial charge in [0.05, 0.1) is 6.61 Å². The Morgan fingerprint density at radius 1 is 1.40 bits per heavy atom. The Bertz CT molecular complexity index is 308. The summed E-state index contributed by atoms with van der Waals surface area (Å²) in [4.78, 5) is 11.4. The zero-order valence-corrected chi connectivity index (χ0v) is 9.42. The van der Waals surface area contributed by atoms with E-state index in [1.807, 2.05) is 30.5 Å². The van der Waals surface area contributed by atoms with Gasteiger partial charge >= 0.3 is 5.97 Å². The lowest BCUT2D eigenvalue weighted by Crippen LogP contribution is -2.01. The van der Waals surface area contributed by atoms with Crippen LogP contribution in [-0.2, 0) is 4.79 Å². The summed E-state index contributed by atoms with van der Waals surface area (Å²) in [6.45, 7) is 0.449. The Morgan fingerprint density at radius 3 is 2.60 bits per heavy atom. The molecule has 0 aliphatic rings. The minimum Gasteiger partial charge on any atom is -0.494 e. The molecule has 1 aromatic rings. The normalized spacial score (nSPS) is 9.93. The number of aliphatic carboxylic acids is 1. The Balaban J connectivity index is 2.28. The molecule has 0 saturated heterocycles. The fourth-order valence-electron chi connectivity index (χ4n) is 1.09. The average Bonchev–Trinajstić information content (AvgIpc) is 2.25. The first-order valence-electron chi connectivity index (χ1n) is 4.71. The Morgan fingerprint density at radius 2 is 2.07 bits per heavy atom. The molecule has 0 heterocycles. The molecule has 1 N–H and O–H groups in total. The topological polar surface area (TPSA) is 46.5 Å². The van der Waals surface area contributed by atoms with Gasteiger partial charge in [-0.15, -0.1) is 11.8 Å². The van der Waals surface area contributed by atoms with Gasteiger partial charge in [-0.1, -0.05) is 0 Å². The predicted molar refractivity (Wildman–Crippen MR) is 60.6 cm³/mol. The molecule has 0 aliphatic carbocycles. The molecule has 0 saturated carbocycles. The molecule has 1 aromatic carbocycles. The maximum Gasteiger partial charge on any atom is 0.303 e. The minimum absolute atomic E-state index is 0.156. The van der Waals surface area contributed by atoms with Crippen molar-refractivity contribution in [2.75, 3.05) is 12.9 Å². The van der Waals surface area contributed by atoms with Crippen molar-refractivity contribution in [3.63, 3.8) is 0 Å². The molecule has 0 fully saturated rings. The quantitative estimate of drug-likeness (QED) is 0.598. The summed E-state index contributed by atoms with van der Waals surface area (Å²) in [7, 11) is 0. The smallest absolute Gasteiger partial charge is 0.303 e. The second-order valence-corrected chi connectivity index (χ2v) is 3.90. The van der Waals surface area contributed by atoms with Crippen LogP contribution in [0.25, 0.3) is 0 Å². The number of rotatable bonds is 6. The standard InChI is InChI=1S/C11H14O3S/c1-15-10-6-4-9(5-7-10)14-8-2-3-11(12)13/h4-7H,2-3,8H2,1H3,(H,12,13). The molecule has 0 unspecified atom stereocenters. The van der Waals surface area contributed by atoms with E-state index in [0.29, 0.717) is 13.0 Å². The van der Waals surface area contributed by atoms with Crippen LogP contribution in [0.1, 0.15) is 12.8 Å². The van der Waals surface area contributed by atoms with E-state index in [4.69, 9.17) is 9.84 Å². The van der Waals surface area contributed by atoms with E-state index in [-0.39, 0.29) is 6.42 Å². The van der Waals surface area contributed by atoms with E-state index < -0.39 is 5.97 Å². The lowest BCUT2D eigenvalue weighted by Gasteiger charge is -2.05. The second-order valence-electron chi connectivity index (χ2n) is 3.02. The van der Waals surface area contributed by atoms with Gasteiger partial charge in [0.15, 0.2) is 0 Å². The van der Waals surface area contributed by atoms with Gasteiger partial charge in [0.2, 0.25) is 0 Å². The fraction of sp³-hybridized carbons (Fsp3) is 0.364. The number of thioether (sulfide) groups is 1. The highest BCUT2D eigenvalue weighted by molar-refractivity contribution is 7.98. The Labute approximate surface area is 93.4 Å². The minimum atomic E-state index is -0.781. The third-order valence-electron chi connectivity index (χ3n) is 1.86. The molecule has 3 nitrogen and oxygen atoms in total. The van der Waals surface area contributed by atoms with E-state index in [1.165, 1.54) is 4.90 Å². The number of hydrogen-bond acceptors (Lipinski definition) is 3. The van der Waals surface area contributed by atoms with Gasteiger partial charge < -0.3 is 9.84 Å². The summed E-state index contributed by atoms with van der Waals surface area (Å²) in [6, 6.07) is 7.76. The van der Waals surface area contributed by atoms with Crippen molar-refractivity contribution in [2.24, 2.45) is 0 Å². The molecule has 82 valence electrons. The number of benzene rings is 1. The van der Waals surface area contributed by atoms with E-state index in [1.54, 1.807) is 11.8 Å². The highest BCUT2D eigenvalue weighted by Crippen LogP contribution is 2.18. The van der Waals surface area contributed by atoms with Crippen molar-refractivity contribution >= 4 is 17.7 Å². The van der Waals surface area contributed by atoms with E-state index >= 15 is 0 Å². The first-order chi connectivity index (χ1) is 7.22. The van der Waals surface area contributed by atoms with Crippen LogP contribution in [0.5, 0.6) is 5.75 Å². The van der Waals surface area contributed by atoms with Gasteiger partial charge in [0.25, 0.3) is 0 Å². The van der Waals surface area contributed by atoms with Crippen molar-refractivity contribution in [1.29, 1.82) is 0 Å². The molecule has 0 spiro atoms. The first-order valence-corrected chi connectivity index (χ1v) is 5.93. The van der Waals surface area contributed by atoms with E-state index in [2.05, 4.69) is 0 Å². The molecular formula is C11H14O3S. The number of carboxylic acid groups (broad SMARTS) is 1. The maximum absolute atomic E-state index is 10.2. The van der Waals surface area contributed by atoms with Gasteiger partial charge in [-0.2, -0.15) is 0 Å². The lowest BCUT2D eigenvalue weighted by molar-refractivity contribution is -0.137. The maximum atomic E-state index is 10.2. The van der Waals surface area contributed by atoms with Gasteiger partial charge in [-0.25, -0.2) is 0 Å². The molecule has 0 radical (unpaired) electrons. The molecular weight excluding hydrogens is 212 g/mol. The molecule has 0 aromatic heterocycles. The number of carboxylic acids is 1.